The van der Waals surface area contributed by atoms with Crippen LogP contribution < -0.4 is 5.32 Å². The minimum atomic E-state index is -1.14. The third-order valence-corrected chi connectivity index (χ3v) is 7.63. The highest BCUT2D eigenvalue weighted by molar-refractivity contribution is 7.44. The second-order valence-electron chi connectivity index (χ2n) is 9.07. The molecule has 184 valence electrons. The number of nitriles is 1. The maximum atomic E-state index is 8.83. The van der Waals surface area contributed by atoms with Crippen LogP contribution in [0.5, 0.6) is 0 Å². The minimum absolute atomic E-state index is 0.330. The van der Waals surface area contributed by atoms with Crippen molar-refractivity contribution >= 4 is 8.53 Å². The van der Waals surface area contributed by atoms with Gasteiger partial charge in [0.15, 0.2) is 0 Å². The molecule has 2 aliphatic rings. The van der Waals surface area contributed by atoms with E-state index >= 15 is 0 Å². The maximum absolute atomic E-state index is 8.83. The first kappa shape index (κ1) is 27.9. The summed E-state index contributed by atoms with van der Waals surface area (Å²) in [4.78, 5) is 2.54. The molecule has 1 unspecified atom stereocenters. The monoisotopic (exact) mass is 474 g/mol. The Bertz CT molecular complexity index is 692. The lowest BCUT2D eigenvalue weighted by molar-refractivity contribution is 0.175. The van der Waals surface area contributed by atoms with E-state index in [1.807, 2.05) is 0 Å². The predicted octanol–water partition coefficient (Wildman–Crippen LogP) is 5.19. The number of nitrogens with one attached hydrogen (secondary N) is 1. The molecule has 0 heterocycles. The SMILES string of the molecule is CC(C)N(C(C)C)P(OCCC#N)OCCCNCCN(CC1=CCC=C1)CC1C=CC=C1. The molecule has 0 aromatic heterocycles. The molecule has 0 saturated carbocycles. The summed E-state index contributed by atoms with van der Waals surface area (Å²) < 4.78 is 14.4. The highest BCUT2D eigenvalue weighted by atomic mass is 31.2. The Balaban J connectivity index is 1.69. The van der Waals surface area contributed by atoms with Crippen molar-refractivity contribution in [3.05, 3.63) is 48.1 Å². The van der Waals surface area contributed by atoms with Gasteiger partial charge in [0, 0.05) is 44.2 Å². The summed E-state index contributed by atoms with van der Waals surface area (Å²) in [6, 6.07) is 2.81. The smallest absolute Gasteiger partial charge is 0.259 e. The zero-order valence-corrected chi connectivity index (χ0v) is 21.8. The number of rotatable bonds is 18. The normalized spacial score (nSPS) is 16.6. The lowest BCUT2D eigenvalue weighted by Crippen LogP contribution is -2.36. The Morgan fingerprint density at radius 1 is 1.12 bits per heavy atom. The summed E-state index contributed by atoms with van der Waals surface area (Å²) in [6.07, 6.45) is 18.1. The van der Waals surface area contributed by atoms with Crippen LogP contribution in [0.3, 0.4) is 0 Å². The van der Waals surface area contributed by atoms with E-state index in [2.05, 4.69) is 91.2 Å². The number of allylic oxidation sites excluding steroid dienone is 4. The first-order chi connectivity index (χ1) is 16.0. The highest BCUT2D eigenvalue weighted by Crippen LogP contribution is 2.45. The fourth-order valence-corrected chi connectivity index (χ4v) is 5.66. The molecule has 33 heavy (non-hydrogen) atoms. The lowest BCUT2D eigenvalue weighted by atomic mass is 10.1. The molecule has 0 aliphatic heterocycles. The lowest BCUT2D eigenvalue weighted by Gasteiger charge is -2.35. The summed E-state index contributed by atoms with van der Waals surface area (Å²) >= 11 is 0. The van der Waals surface area contributed by atoms with E-state index in [-0.39, 0.29) is 0 Å². The van der Waals surface area contributed by atoms with Gasteiger partial charge in [0.2, 0.25) is 0 Å². The van der Waals surface area contributed by atoms with Crippen LogP contribution in [0.15, 0.2) is 48.1 Å². The average Bonchev–Trinajstić information content (AvgIpc) is 3.46. The molecule has 7 heteroatoms. The van der Waals surface area contributed by atoms with Gasteiger partial charge in [-0.1, -0.05) is 42.5 Å². The molecule has 1 atom stereocenters. The Hall–Kier alpha value is -1.32. The minimum Gasteiger partial charge on any atom is -0.322 e. The second-order valence-corrected chi connectivity index (χ2v) is 10.5. The quantitative estimate of drug-likeness (QED) is 0.218. The van der Waals surface area contributed by atoms with Crippen molar-refractivity contribution in [3.63, 3.8) is 0 Å². The molecule has 0 fully saturated rings. The molecule has 0 amide bonds. The van der Waals surface area contributed by atoms with Gasteiger partial charge in [-0.3, -0.25) is 4.90 Å². The molecule has 6 nitrogen and oxygen atoms in total. The third-order valence-electron chi connectivity index (χ3n) is 5.52. The van der Waals surface area contributed by atoms with Gasteiger partial charge in [-0.2, -0.15) is 5.26 Å². The molecule has 0 spiro atoms. The summed E-state index contributed by atoms with van der Waals surface area (Å²) in [5.74, 6) is 0.523. The molecule has 2 aliphatic carbocycles. The Kier molecular flexibility index (Phi) is 13.8. The summed E-state index contributed by atoms with van der Waals surface area (Å²) in [5, 5.41) is 12.4. The van der Waals surface area contributed by atoms with Crippen molar-refractivity contribution in [1.82, 2.24) is 14.9 Å². The van der Waals surface area contributed by atoms with Crippen LogP contribution in [0, 0.1) is 17.2 Å². The van der Waals surface area contributed by atoms with Gasteiger partial charge in [-0.05, 0) is 52.7 Å². The van der Waals surface area contributed by atoms with Gasteiger partial charge < -0.3 is 14.4 Å². The number of hydrogen-bond acceptors (Lipinski definition) is 6. The van der Waals surface area contributed by atoms with Crippen molar-refractivity contribution < 1.29 is 9.05 Å². The van der Waals surface area contributed by atoms with Crippen LogP contribution in [0.4, 0.5) is 0 Å². The first-order valence-corrected chi connectivity index (χ1v) is 13.5. The Morgan fingerprint density at radius 2 is 1.85 bits per heavy atom. The molecule has 0 saturated heterocycles. The fourth-order valence-electron chi connectivity index (χ4n) is 4.03. The van der Waals surface area contributed by atoms with E-state index in [1.165, 1.54) is 5.57 Å². The highest BCUT2D eigenvalue weighted by Gasteiger charge is 2.26. The maximum Gasteiger partial charge on any atom is 0.259 e. The number of nitrogens with zero attached hydrogens (tertiary/aromatic N) is 3. The Labute approximate surface area is 203 Å². The van der Waals surface area contributed by atoms with Crippen LogP contribution in [0.25, 0.3) is 0 Å². The molecular formula is C26H43N4O2P. The van der Waals surface area contributed by atoms with E-state index in [9.17, 15) is 0 Å². The standard InChI is InChI=1S/C26H43N4O2P/c1-23(2)30(24(3)4)33(31-19-9-15-27)32-20-10-16-28-17-18-29(21-25-11-5-6-12-25)22-26-13-7-8-14-26/h5-7,11-14,23-25,28H,8-10,16-22H2,1-4H3. The van der Waals surface area contributed by atoms with Crippen LogP contribution >= 0.6 is 8.53 Å². The van der Waals surface area contributed by atoms with Crippen molar-refractivity contribution in [3.8, 4) is 6.07 Å². The van der Waals surface area contributed by atoms with E-state index in [0.29, 0.717) is 37.6 Å². The average molecular weight is 475 g/mol. The van der Waals surface area contributed by atoms with Crippen LogP contribution in [-0.2, 0) is 9.05 Å². The summed E-state index contributed by atoms with van der Waals surface area (Å²) in [5.41, 5.74) is 1.43. The predicted molar refractivity (Wildman–Crippen MR) is 139 cm³/mol. The third kappa shape index (κ3) is 11.1. The van der Waals surface area contributed by atoms with Gasteiger partial charge in [0.25, 0.3) is 8.53 Å². The number of hydrogen-bond donors (Lipinski definition) is 1. The van der Waals surface area contributed by atoms with Gasteiger partial charge >= 0.3 is 0 Å². The van der Waals surface area contributed by atoms with E-state index in [0.717, 1.165) is 45.6 Å². The Morgan fingerprint density at radius 3 is 2.48 bits per heavy atom. The van der Waals surface area contributed by atoms with E-state index in [4.69, 9.17) is 14.3 Å². The molecule has 0 aromatic carbocycles. The second kappa shape index (κ2) is 16.3. The largest absolute Gasteiger partial charge is 0.322 e. The van der Waals surface area contributed by atoms with E-state index in [1.54, 1.807) is 0 Å². The van der Waals surface area contributed by atoms with Crippen molar-refractivity contribution in [2.24, 2.45) is 5.92 Å². The van der Waals surface area contributed by atoms with Crippen molar-refractivity contribution in [1.29, 1.82) is 5.26 Å². The molecular weight excluding hydrogens is 431 g/mol. The molecule has 2 rings (SSSR count). The van der Waals surface area contributed by atoms with Crippen LogP contribution in [-0.4, -0.2) is 67.6 Å². The molecule has 0 radical (unpaired) electrons. The van der Waals surface area contributed by atoms with Crippen LogP contribution in [0.2, 0.25) is 0 Å². The zero-order valence-electron chi connectivity index (χ0n) is 20.9. The van der Waals surface area contributed by atoms with Gasteiger partial charge in [-0.25, -0.2) is 4.67 Å². The van der Waals surface area contributed by atoms with Crippen molar-refractivity contribution in [2.45, 2.75) is 59.0 Å². The van der Waals surface area contributed by atoms with Gasteiger partial charge in [0.1, 0.15) is 0 Å². The molecule has 0 bridgehead atoms. The summed E-state index contributed by atoms with van der Waals surface area (Å²) in [7, 11) is -1.14. The van der Waals surface area contributed by atoms with Crippen molar-refractivity contribution in [2.75, 3.05) is 45.9 Å². The fraction of sp³-hybridized carbons (Fsp3) is 0.654. The molecule has 0 aromatic rings. The van der Waals surface area contributed by atoms with E-state index < -0.39 is 8.53 Å². The topological polar surface area (TPSA) is 60.8 Å². The first-order valence-electron chi connectivity index (χ1n) is 12.4. The summed E-state index contributed by atoms with van der Waals surface area (Å²) in [6.45, 7) is 14.7. The van der Waals surface area contributed by atoms with Gasteiger partial charge in [-0.15, -0.1) is 0 Å². The van der Waals surface area contributed by atoms with Gasteiger partial charge in [0.05, 0.1) is 25.7 Å². The zero-order chi connectivity index (χ0) is 23.9. The molecule has 1 N–H and O–H groups in total. The van der Waals surface area contributed by atoms with Crippen LogP contribution in [0.1, 0.15) is 47.0 Å².